The number of benzene rings is 1. The first-order valence-corrected chi connectivity index (χ1v) is 8.35. The number of H-pyrrole nitrogens is 1. The van der Waals surface area contributed by atoms with Gasteiger partial charge in [-0.1, -0.05) is 17.7 Å². The highest BCUT2D eigenvalue weighted by Gasteiger charge is 2.14. The molecule has 0 aliphatic carbocycles. The van der Waals surface area contributed by atoms with Crippen LogP contribution in [0.2, 0.25) is 5.02 Å². The fourth-order valence-corrected chi connectivity index (χ4v) is 2.76. The van der Waals surface area contributed by atoms with Crippen molar-refractivity contribution in [2.75, 3.05) is 5.32 Å². The first-order chi connectivity index (χ1) is 13.1. The normalized spacial score (nSPS) is 10.9. The molecule has 0 aliphatic rings. The second kappa shape index (κ2) is 7.08. The second-order valence-electron chi connectivity index (χ2n) is 5.70. The van der Waals surface area contributed by atoms with Crippen LogP contribution in [0.4, 0.5) is 10.2 Å². The highest BCUT2D eigenvalue weighted by Crippen LogP contribution is 2.21. The molecule has 0 radical (unpaired) electrons. The van der Waals surface area contributed by atoms with Crippen LogP contribution >= 0.6 is 11.6 Å². The maximum Gasteiger partial charge on any atom is 0.277 e. The predicted octanol–water partition coefficient (Wildman–Crippen LogP) is 3.96. The Morgan fingerprint density at radius 1 is 1.30 bits per heavy atom. The molecule has 0 atom stereocenters. The van der Waals surface area contributed by atoms with E-state index in [1.807, 2.05) is 0 Å². The van der Waals surface area contributed by atoms with E-state index in [1.165, 1.54) is 23.1 Å². The SMILES string of the molecule is O=C(Nc1ccn(Cc2c(F)cccc2Cl)n1)c1cc(-c2ccco2)[nH]n1. The summed E-state index contributed by atoms with van der Waals surface area (Å²) in [4.78, 5) is 12.3. The van der Waals surface area contributed by atoms with Gasteiger partial charge in [0.15, 0.2) is 17.3 Å². The molecule has 4 aromatic rings. The van der Waals surface area contributed by atoms with Crippen molar-refractivity contribution in [1.82, 2.24) is 20.0 Å². The van der Waals surface area contributed by atoms with Crippen molar-refractivity contribution in [3.05, 3.63) is 77.0 Å². The topological polar surface area (TPSA) is 88.7 Å². The van der Waals surface area contributed by atoms with Crippen LogP contribution in [-0.4, -0.2) is 25.9 Å². The third-order valence-electron chi connectivity index (χ3n) is 3.86. The molecule has 0 saturated heterocycles. The van der Waals surface area contributed by atoms with Crippen LogP contribution in [0.15, 0.2) is 59.3 Å². The monoisotopic (exact) mass is 385 g/mol. The first kappa shape index (κ1) is 17.0. The minimum Gasteiger partial charge on any atom is -0.463 e. The Labute approximate surface area is 157 Å². The molecule has 3 heterocycles. The molecule has 7 nitrogen and oxygen atoms in total. The van der Waals surface area contributed by atoms with Gasteiger partial charge < -0.3 is 9.73 Å². The van der Waals surface area contributed by atoms with E-state index in [9.17, 15) is 9.18 Å². The molecule has 3 aromatic heterocycles. The lowest BCUT2D eigenvalue weighted by Gasteiger charge is -2.06. The molecule has 0 unspecified atom stereocenters. The summed E-state index contributed by atoms with van der Waals surface area (Å²) in [6, 6.07) is 11.2. The van der Waals surface area contributed by atoms with E-state index < -0.39 is 11.7 Å². The number of amides is 1. The molecule has 0 fully saturated rings. The number of nitrogens with zero attached hydrogens (tertiary/aromatic N) is 3. The predicted molar refractivity (Wildman–Crippen MR) is 97.0 cm³/mol. The van der Waals surface area contributed by atoms with Gasteiger partial charge in [0.25, 0.3) is 5.91 Å². The van der Waals surface area contributed by atoms with Gasteiger partial charge in [0.05, 0.1) is 12.8 Å². The number of aromatic nitrogens is 4. The minimum atomic E-state index is -0.432. The van der Waals surface area contributed by atoms with E-state index in [1.54, 1.807) is 36.5 Å². The molecule has 9 heteroatoms. The van der Waals surface area contributed by atoms with Gasteiger partial charge in [0.2, 0.25) is 0 Å². The Kier molecular flexibility index (Phi) is 4.47. The zero-order valence-electron chi connectivity index (χ0n) is 13.8. The molecular formula is C18H13ClFN5O2. The molecule has 4 rings (SSSR count). The van der Waals surface area contributed by atoms with E-state index in [4.69, 9.17) is 16.0 Å². The lowest BCUT2D eigenvalue weighted by molar-refractivity contribution is 0.102. The van der Waals surface area contributed by atoms with Crippen molar-refractivity contribution >= 4 is 23.3 Å². The standard InChI is InChI=1S/C18H13ClFN5O2/c19-12-3-1-4-13(20)11(12)10-25-7-6-17(24-25)21-18(26)15-9-14(22-23-15)16-5-2-8-27-16/h1-9H,10H2,(H,22,23)(H,21,24,26). The molecule has 0 bridgehead atoms. The van der Waals surface area contributed by atoms with Crippen molar-refractivity contribution in [1.29, 1.82) is 0 Å². The number of anilines is 1. The van der Waals surface area contributed by atoms with Crippen molar-refractivity contribution < 1.29 is 13.6 Å². The highest BCUT2D eigenvalue weighted by molar-refractivity contribution is 6.31. The summed E-state index contributed by atoms with van der Waals surface area (Å²) in [6.45, 7) is 0.145. The maximum atomic E-state index is 13.9. The third kappa shape index (κ3) is 3.61. The number of carbonyl (C=O) groups is 1. The summed E-state index contributed by atoms with van der Waals surface area (Å²) in [6.07, 6.45) is 3.15. The molecule has 1 aromatic carbocycles. The quantitative estimate of drug-likeness (QED) is 0.544. The highest BCUT2D eigenvalue weighted by atomic mass is 35.5. The number of aromatic amines is 1. The number of nitrogens with one attached hydrogen (secondary N) is 2. The van der Waals surface area contributed by atoms with Crippen molar-refractivity contribution in [3.8, 4) is 11.5 Å². The van der Waals surface area contributed by atoms with Crippen molar-refractivity contribution in [3.63, 3.8) is 0 Å². The summed E-state index contributed by atoms with van der Waals surface area (Å²) in [5.74, 6) is 0.0476. The van der Waals surface area contributed by atoms with Gasteiger partial charge in [-0.05, 0) is 24.3 Å². The third-order valence-corrected chi connectivity index (χ3v) is 4.22. The molecule has 136 valence electrons. The van der Waals surface area contributed by atoms with Crippen LogP contribution in [0.3, 0.4) is 0 Å². The van der Waals surface area contributed by atoms with E-state index in [0.717, 1.165) is 0 Å². The molecule has 27 heavy (non-hydrogen) atoms. The number of hydrogen-bond acceptors (Lipinski definition) is 4. The van der Waals surface area contributed by atoms with Gasteiger partial charge in [0.1, 0.15) is 11.5 Å². The first-order valence-electron chi connectivity index (χ1n) is 7.97. The van der Waals surface area contributed by atoms with Crippen molar-refractivity contribution in [2.24, 2.45) is 0 Å². The van der Waals surface area contributed by atoms with Gasteiger partial charge in [-0.15, -0.1) is 0 Å². The fourth-order valence-electron chi connectivity index (χ4n) is 2.54. The van der Waals surface area contributed by atoms with Gasteiger partial charge in [-0.25, -0.2) is 4.39 Å². The van der Waals surface area contributed by atoms with Crippen LogP contribution in [-0.2, 0) is 6.54 Å². The van der Waals surface area contributed by atoms with Crippen LogP contribution in [0.25, 0.3) is 11.5 Å². The Hall–Kier alpha value is -3.39. The number of carbonyl (C=O) groups excluding carboxylic acids is 1. The molecule has 0 spiro atoms. The van der Waals surface area contributed by atoms with Crippen LogP contribution in [0.5, 0.6) is 0 Å². The average Bonchev–Trinajstić information content (AvgIpc) is 3.38. The largest absolute Gasteiger partial charge is 0.463 e. The van der Waals surface area contributed by atoms with E-state index >= 15 is 0 Å². The van der Waals surface area contributed by atoms with Crippen LogP contribution in [0, 0.1) is 5.82 Å². The average molecular weight is 386 g/mol. The fraction of sp³-hybridized carbons (Fsp3) is 0.0556. The Morgan fingerprint density at radius 3 is 2.96 bits per heavy atom. The Bertz CT molecular complexity index is 1070. The summed E-state index contributed by atoms with van der Waals surface area (Å²) in [7, 11) is 0. The van der Waals surface area contributed by atoms with Crippen LogP contribution in [0.1, 0.15) is 16.1 Å². The summed E-state index contributed by atoms with van der Waals surface area (Å²) in [5, 5.41) is 13.9. The smallest absolute Gasteiger partial charge is 0.277 e. The van der Waals surface area contributed by atoms with Crippen molar-refractivity contribution in [2.45, 2.75) is 6.54 Å². The molecule has 0 saturated carbocycles. The number of halogens is 2. The zero-order chi connectivity index (χ0) is 18.8. The van der Waals surface area contributed by atoms with E-state index in [-0.39, 0.29) is 12.2 Å². The summed E-state index contributed by atoms with van der Waals surface area (Å²) in [5.41, 5.74) is 1.11. The maximum absolute atomic E-state index is 13.9. The number of hydrogen-bond donors (Lipinski definition) is 2. The molecular weight excluding hydrogens is 373 g/mol. The Morgan fingerprint density at radius 2 is 2.19 bits per heavy atom. The molecule has 0 aliphatic heterocycles. The van der Waals surface area contributed by atoms with Gasteiger partial charge in [0, 0.05) is 28.9 Å². The lowest BCUT2D eigenvalue weighted by atomic mass is 10.2. The van der Waals surface area contributed by atoms with Gasteiger partial charge >= 0.3 is 0 Å². The Balaban J connectivity index is 1.45. The number of rotatable bonds is 5. The lowest BCUT2D eigenvalue weighted by Crippen LogP contribution is -2.13. The minimum absolute atomic E-state index is 0.145. The second-order valence-corrected chi connectivity index (χ2v) is 6.10. The number of furan rings is 1. The molecule has 1 amide bonds. The summed E-state index contributed by atoms with van der Waals surface area (Å²) < 4.78 is 20.6. The van der Waals surface area contributed by atoms with E-state index in [2.05, 4.69) is 20.6 Å². The van der Waals surface area contributed by atoms with Crippen LogP contribution < -0.4 is 5.32 Å². The van der Waals surface area contributed by atoms with Gasteiger partial charge in [-0.3, -0.25) is 14.6 Å². The van der Waals surface area contributed by atoms with E-state index in [0.29, 0.717) is 27.9 Å². The zero-order valence-corrected chi connectivity index (χ0v) is 14.6. The molecule has 2 N–H and O–H groups in total. The summed E-state index contributed by atoms with van der Waals surface area (Å²) >= 11 is 6.02. The van der Waals surface area contributed by atoms with Gasteiger partial charge in [-0.2, -0.15) is 10.2 Å².